The lowest BCUT2D eigenvalue weighted by Gasteiger charge is -2.35. The number of alkyl halides is 3. The number of nitrogens with zero attached hydrogens (tertiary/aromatic N) is 4. The number of β-amino-alcohol motifs (C(OH)–C–C–N with tert-alkyl or cyclic N) is 1. The zero-order valence-electron chi connectivity index (χ0n) is 13.0. The Balaban J connectivity index is 1.82. The molecular weight excluding hydrogens is 313 g/mol. The summed E-state index contributed by atoms with van der Waals surface area (Å²) in [7, 11) is 0. The van der Waals surface area contributed by atoms with E-state index in [0.29, 0.717) is 39.1 Å². The van der Waals surface area contributed by atoms with Crippen LogP contribution in [0.3, 0.4) is 0 Å². The highest BCUT2D eigenvalue weighted by Gasteiger charge is 2.33. The van der Waals surface area contributed by atoms with Crippen LogP contribution in [0.25, 0.3) is 0 Å². The van der Waals surface area contributed by atoms with E-state index in [2.05, 4.69) is 10.00 Å². The van der Waals surface area contributed by atoms with Crippen LogP contribution < -0.4 is 0 Å². The van der Waals surface area contributed by atoms with E-state index in [9.17, 15) is 23.1 Å². The quantitative estimate of drug-likeness (QED) is 0.866. The normalized spacial score (nSPS) is 18.2. The molecule has 2 rings (SSSR count). The van der Waals surface area contributed by atoms with E-state index in [1.807, 2.05) is 6.92 Å². The Morgan fingerprint density at radius 3 is 2.52 bits per heavy atom. The minimum absolute atomic E-state index is 0.201. The molecule has 0 spiro atoms. The number of hydrogen-bond donors (Lipinski definition) is 1. The van der Waals surface area contributed by atoms with Gasteiger partial charge in [-0.1, -0.05) is 6.92 Å². The van der Waals surface area contributed by atoms with Gasteiger partial charge in [0.2, 0.25) is 5.91 Å². The summed E-state index contributed by atoms with van der Waals surface area (Å²) in [6, 6.07) is 0.858. The Labute approximate surface area is 132 Å². The molecule has 1 aromatic heterocycles. The number of carbonyl (C=O) groups is 1. The van der Waals surface area contributed by atoms with Crippen LogP contribution in [0.4, 0.5) is 13.2 Å². The molecule has 9 heteroatoms. The van der Waals surface area contributed by atoms with Gasteiger partial charge >= 0.3 is 6.18 Å². The Bertz CT molecular complexity index is 524. The van der Waals surface area contributed by atoms with Crippen LogP contribution in [-0.2, 0) is 17.5 Å². The van der Waals surface area contributed by atoms with Crippen molar-refractivity contribution in [3.05, 3.63) is 18.0 Å². The van der Waals surface area contributed by atoms with Crippen molar-refractivity contribution in [2.45, 2.75) is 32.2 Å². The van der Waals surface area contributed by atoms with E-state index in [-0.39, 0.29) is 18.6 Å². The number of hydrogen-bond acceptors (Lipinski definition) is 4. The highest BCUT2D eigenvalue weighted by molar-refractivity contribution is 5.76. The third-order valence-electron chi connectivity index (χ3n) is 3.89. The lowest BCUT2D eigenvalue weighted by Crippen LogP contribution is -2.51. The summed E-state index contributed by atoms with van der Waals surface area (Å²) in [4.78, 5) is 15.8. The monoisotopic (exact) mass is 334 g/mol. The Hall–Kier alpha value is -1.61. The van der Waals surface area contributed by atoms with E-state index in [0.717, 1.165) is 16.9 Å². The molecule has 130 valence electrons. The number of aliphatic hydroxyl groups excluding tert-OH is 1. The summed E-state index contributed by atoms with van der Waals surface area (Å²) >= 11 is 0. The van der Waals surface area contributed by atoms with E-state index in [1.54, 1.807) is 4.90 Å². The van der Waals surface area contributed by atoms with Crippen molar-refractivity contribution in [3.63, 3.8) is 0 Å². The molecule has 0 radical (unpaired) electrons. The molecule has 6 nitrogen and oxygen atoms in total. The van der Waals surface area contributed by atoms with Crippen molar-refractivity contribution in [3.8, 4) is 0 Å². The van der Waals surface area contributed by atoms with Crippen molar-refractivity contribution in [1.82, 2.24) is 19.6 Å². The molecule has 1 N–H and O–H groups in total. The number of rotatable bonds is 5. The summed E-state index contributed by atoms with van der Waals surface area (Å²) < 4.78 is 38.4. The first kappa shape index (κ1) is 17.7. The molecule has 0 aliphatic carbocycles. The van der Waals surface area contributed by atoms with Crippen molar-refractivity contribution < 1.29 is 23.1 Å². The van der Waals surface area contributed by atoms with Gasteiger partial charge in [-0.3, -0.25) is 14.4 Å². The van der Waals surface area contributed by atoms with Crippen LogP contribution in [0.2, 0.25) is 0 Å². The Kier molecular flexibility index (Phi) is 5.64. The number of piperazine rings is 1. The molecule has 1 aromatic rings. The molecule has 23 heavy (non-hydrogen) atoms. The molecule has 1 atom stereocenters. The minimum atomic E-state index is -4.50. The van der Waals surface area contributed by atoms with E-state index < -0.39 is 11.9 Å². The molecule has 1 unspecified atom stereocenters. The average molecular weight is 334 g/mol. The van der Waals surface area contributed by atoms with Crippen LogP contribution in [0, 0.1) is 0 Å². The summed E-state index contributed by atoms with van der Waals surface area (Å²) in [6.07, 6.45) is -3.03. The van der Waals surface area contributed by atoms with Crippen molar-refractivity contribution in [2.75, 3.05) is 32.7 Å². The van der Waals surface area contributed by atoms with Crippen LogP contribution in [0.1, 0.15) is 19.0 Å². The van der Waals surface area contributed by atoms with Gasteiger partial charge in [0.1, 0.15) is 6.54 Å². The van der Waals surface area contributed by atoms with Gasteiger partial charge in [-0.05, 0) is 12.5 Å². The van der Waals surface area contributed by atoms with E-state index >= 15 is 0 Å². The van der Waals surface area contributed by atoms with Gasteiger partial charge in [0, 0.05) is 38.9 Å². The second-order valence-electron chi connectivity index (χ2n) is 5.64. The molecule has 0 saturated carbocycles. The second kappa shape index (κ2) is 7.31. The predicted octanol–water partition coefficient (Wildman–Crippen LogP) is 0.817. The SMILES string of the molecule is CCC(O)CN1CCN(C(=O)Cn2ccc(C(F)(F)F)n2)CC1. The fourth-order valence-electron chi connectivity index (χ4n) is 2.45. The minimum Gasteiger partial charge on any atom is -0.392 e. The Morgan fingerprint density at radius 2 is 2.00 bits per heavy atom. The van der Waals surface area contributed by atoms with Gasteiger partial charge in [-0.15, -0.1) is 0 Å². The highest BCUT2D eigenvalue weighted by Crippen LogP contribution is 2.27. The maximum atomic E-state index is 12.5. The smallest absolute Gasteiger partial charge is 0.392 e. The molecule has 0 aromatic carbocycles. The summed E-state index contributed by atoms with van der Waals surface area (Å²) in [5.41, 5.74) is -0.997. The second-order valence-corrected chi connectivity index (χ2v) is 5.64. The predicted molar refractivity (Wildman–Crippen MR) is 76.5 cm³/mol. The lowest BCUT2D eigenvalue weighted by atomic mass is 10.2. The van der Waals surface area contributed by atoms with Gasteiger partial charge in [0.05, 0.1) is 6.10 Å². The lowest BCUT2D eigenvalue weighted by molar-refractivity contribution is -0.142. The van der Waals surface area contributed by atoms with Gasteiger partial charge in [-0.2, -0.15) is 18.3 Å². The first-order valence-corrected chi connectivity index (χ1v) is 7.58. The van der Waals surface area contributed by atoms with Crippen LogP contribution in [0.15, 0.2) is 12.3 Å². The highest BCUT2D eigenvalue weighted by atomic mass is 19.4. The molecule has 0 bridgehead atoms. The molecule has 2 heterocycles. The molecule has 1 fully saturated rings. The molecule has 1 amide bonds. The standard InChI is InChI=1S/C14H21F3N4O2/c1-2-11(22)9-19-5-7-20(8-6-19)13(23)10-21-4-3-12(18-21)14(15,16)17/h3-4,11,22H,2,5-10H2,1H3. The van der Waals surface area contributed by atoms with Crippen LogP contribution in [0.5, 0.6) is 0 Å². The number of halogens is 3. The number of aromatic nitrogens is 2. The Morgan fingerprint density at radius 1 is 1.35 bits per heavy atom. The van der Waals surface area contributed by atoms with E-state index in [1.165, 1.54) is 0 Å². The van der Waals surface area contributed by atoms with Gasteiger partial charge in [0.15, 0.2) is 5.69 Å². The first-order chi connectivity index (χ1) is 10.8. The van der Waals surface area contributed by atoms with Gasteiger partial charge < -0.3 is 10.0 Å². The third-order valence-corrected chi connectivity index (χ3v) is 3.89. The number of amides is 1. The number of aliphatic hydroxyl groups is 1. The number of carbonyl (C=O) groups excluding carboxylic acids is 1. The topological polar surface area (TPSA) is 61.6 Å². The zero-order chi connectivity index (χ0) is 17.0. The maximum Gasteiger partial charge on any atom is 0.435 e. The van der Waals surface area contributed by atoms with Crippen LogP contribution >= 0.6 is 0 Å². The fourth-order valence-corrected chi connectivity index (χ4v) is 2.45. The fraction of sp³-hybridized carbons (Fsp3) is 0.714. The molecule has 1 aliphatic rings. The zero-order valence-corrected chi connectivity index (χ0v) is 13.0. The van der Waals surface area contributed by atoms with Gasteiger partial charge in [-0.25, -0.2) is 0 Å². The summed E-state index contributed by atoms with van der Waals surface area (Å²) in [5.74, 6) is -0.252. The third kappa shape index (κ3) is 4.93. The van der Waals surface area contributed by atoms with Crippen molar-refractivity contribution in [1.29, 1.82) is 0 Å². The molecular formula is C14H21F3N4O2. The van der Waals surface area contributed by atoms with Crippen molar-refractivity contribution >= 4 is 5.91 Å². The molecule has 1 saturated heterocycles. The maximum absolute atomic E-state index is 12.5. The van der Waals surface area contributed by atoms with Crippen LogP contribution in [-0.4, -0.2) is 69.4 Å². The molecule has 1 aliphatic heterocycles. The van der Waals surface area contributed by atoms with Gasteiger partial charge in [0.25, 0.3) is 0 Å². The summed E-state index contributed by atoms with van der Waals surface area (Å²) in [6.45, 7) is 4.58. The largest absolute Gasteiger partial charge is 0.435 e. The summed E-state index contributed by atoms with van der Waals surface area (Å²) in [5, 5.41) is 13.0. The van der Waals surface area contributed by atoms with Crippen molar-refractivity contribution in [2.24, 2.45) is 0 Å². The van der Waals surface area contributed by atoms with E-state index in [4.69, 9.17) is 0 Å². The first-order valence-electron chi connectivity index (χ1n) is 7.58. The average Bonchev–Trinajstić information content (AvgIpc) is 2.96.